The van der Waals surface area contributed by atoms with Crippen molar-refractivity contribution in [3.8, 4) is 5.75 Å². The van der Waals surface area contributed by atoms with Crippen molar-refractivity contribution in [2.45, 2.75) is 44.7 Å². The predicted molar refractivity (Wildman–Crippen MR) is 87.2 cm³/mol. The second kappa shape index (κ2) is 5.41. The summed E-state index contributed by atoms with van der Waals surface area (Å²) < 4.78 is 29.3. The standard InChI is InChI=1S/C14H25NO3SSi/c1-14(2,3)20(5,6)18-13-8-7-12(15)9-11(13)10-19(4,16)17/h7-9H,10,15H2,1-6H3. The minimum Gasteiger partial charge on any atom is -0.543 e. The molecule has 6 heteroatoms. The Bertz CT molecular complexity index is 589. The first-order chi connectivity index (χ1) is 8.82. The maximum atomic E-state index is 11.5. The van der Waals surface area contributed by atoms with E-state index in [-0.39, 0.29) is 10.8 Å². The van der Waals surface area contributed by atoms with Gasteiger partial charge in [0.1, 0.15) is 5.75 Å². The highest BCUT2D eigenvalue weighted by Gasteiger charge is 2.39. The molecule has 0 saturated carbocycles. The molecule has 0 amide bonds. The number of hydrogen-bond acceptors (Lipinski definition) is 4. The zero-order chi connectivity index (χ0) is 15.8. The lowest BCUT2D eigenvalue weighted by Crippen LogP contribution is -2.44. The summed E-state index contributed by atoms with van der Waals surface area (Å²) in [6, 6.07) is 5.20. The van der Waals surface area contributed by atoms with Crippen LogP contribution in [-0.4, -0.2) is 23.0 Å². The van der Waals surface area contributed by atoms with E-state index in [9.17, 15) is 8.42 Å². The zero-order valence-corrected chi connectivity index (χ0v) is 15.0. The van der Waals surface area contributed by atoms with Crippen LogP contribution in [0.15, 0.2) is 18.2 Å². The second-order valence-electron chi connectivity index (χ2n) is 6.80. The monoisotopic (exact) mass is 315 g/mol. The summed E-state index contributed by atoms with van der Waals surface area (Å²) in [4.78, 5) is 0. The van der Waals surface area contributed by atoms with E-state index in [1.165, 1.54) is 6.26 Å². The van der Waals surface area contributed by atoms with Gasteiger partial charge in [0, 0.05) is 17.5 Å². The summed E-state index contributed by atoms with van der Waals surface area (Å²) >= 11 is 0. The number of nitrogens with two attached hydrogens (primary N) is 1. The summed E-state index contributed by atoms with van der Waals surface area (Å²) in [7, 11) is -5.13. The highest BCUT2D eigenvalue weighted by molar-refractivity contribution is 7.89. The van der Waals surface area contributed by atoms with Gasteiger partial charge in [0.2, 0.25) is 8.32 Å². The Hall–Kier alpha value is -1.01. The molecule has 0 fully saturated rings. The van der Waals surface area contributed by atoms with Gasteiger partial charge < -0.3 is 10.2 Å². The normalized spacial score (nSPS) is 13.3. The Morgan fingerprint density at radius 3 is 2.25 bits per heavy atom. The van der Waals surface area contributed by atoms with Gasteiger partial charge in [-0.1, -0.05) is 20.8 Å². The molecule has 0 saturated heterocycles. The molecule has 0 spiro atoms. The van der Waals surface area contributed by atoms with Crippen molar-refractivity contribution in [2.75, 3.05) is 12.0 Å². The number of benzene rings is 1. The van der Waals surface area contributed by atoms with Crippen LogP contribution < -0.4 is 10.2 Å². The van der Waals surface area contributed by atoms with E-state index in [1.54, 1.807) is 18.2 Å². The number of nitrogen functional groups attached to an aromatic ring is 1. The van der Waals surface area contributed by atoms with Crippen LogP contribution >= 0.6 is 0 Å². The van der Waals surface area contributed by atoms with E-state index >= 15 is 0 Å². The topological polar surface area (TPSA) is 69.4 Å². The highest BCUT2D eigenvalue weighted by atomic mass is 32.2. The average molecular weight is 316 g/mol. The maximum absolute atomic E-state index is 11.5. The molecule has 1 aromatic carbocycles. The third-order valence-electron chi connectivity index (χ3n) is 3.67. The van der Waals surface area contributed by atoms with E-state index in [4.69, 9.17) is 10.2 Å². The Kier molecular flexibility index (Phi) is 4.61. The summed E-state index contributed by atoms with van der Waals surface area (Å²) in [5.41, 5.74) is 6.94. The van der Waals surface area contributed by atoms with Crippen LogP contribution in [0.3, 0.4) is 0 Å². The van der Waals surface area contributed by atoms with Gasteiger partial charge in [-0.25, -0.2) is 8.42 Å². The highest BCUT2D eigenvalue weighted by Crippen LogP contribution is 2.38. The Morgan fingerprint density at radius 2 is 1.80 bits per heavy atom. The minimum absolute atomic E-state index is 0.0523. The molecule has 0 aliphatic rings. The molecule has 1 aromatic rings. The fourth-order valence-corrected chi connectivity index (χ4v) is 3.37. The second-order valence-corrected chi connectivity index (χ2v) is 13.7. The van der Waals surface area contributed by atoms with Crippen molar-refractivity contribution in [3.63, 3.8) is 0 Å². The van der Waals surface area contributed by atoms with Crippen LogP contribution in [0.4, 0.5) is 5.69 Å². The molecular formula is C14H25NO3SSi. The van der Waals surface area contributed by atoms with Crippen LogP contribution in [0, 0.1) is 0 Å². The third-order valence-corrected chi connectivity index (χ3v) is 8.85. The molecule has 0 unspecified atom stereocenters. The first-order valence-electron chi connectivity index (χ1n) is 6.57. The van der Waals surface area contributed by atoms with Gasteiger partial charge in [-0.15, -0.1) is 0 Å². The first-order valence-corrected chi connectivity index (χ1v) is 11.5. The molecule has 4 nitrogen and oxygen atoms in total. The van der Waals surface area contributed by atoms with Crippen molar-refractivity contribution < 1.29 is 12.8 Å². The van der Waals surface area contributed by atoms with Crippen molar-refractivity contribution in [2.24, 2.45) is 0 Å². The largest absolute Gasteiger partial charge is 0.543 e. The Balaban J connectivity index is 3.19. The number of sulfone groups is 1. The van der Waals surface area contributed by atoms with E-state index in [0.29, 0.717) is 17.0 Å². The van der Waals surface area contributed by atoms with Gasteiger partial charge in [-0.2, -0.15) is 0 Å². The van der Waals surface area contributed by atoms with Gasteiger partial charge in [-0.05, 0) is 36.3 Å². The lowest BCUT2D eigenvalue weighted by molar-refractivity contribution is 0.488. The van der Waals surface area contributed by atoms with E-state index in [2.05, 4.69) is 33.9 Å². The van der Waals surface area contributed by atoms with Gasteiger partial charge in [0.25, 0.3) is 0 Å². The maximum Gasteiger partial charge on any atom is 0.250 e. The molecule has 20 heavy (non-hydrogen) atoms. The molecule has 0 atom stereocenters. The van der Waals surface area contributed by atoms with Crippen molar-refractivity contribution in [1.29, 1.82) is 0 Å². The van der Waals surface area contributed by atoms with Crippen molar-refractivity contribution >= 4 is 23.8 Å². The van der Waals surface area contributed by atoms with Crippen molar-refractivity contribution in [1.82, 2.24) is 0 Å². The van der Waals surface area contributed by atoms with Crippen LogP contribution in [0.25, 0.3) is 0 Å². The smallest absolute Gasteiger partial charge is 0.250 e. The number of rotatable bonds is 4. The number of anilines is 1. The molecule has 0 aromatic heterocycles. The van der Waals surface area contributed by atoms with E-state index < -0.39 is 18.2 Å². The Labute approximate surface area is 123 Å². The summed E-state index contributed by atoms with van der Waals surface area (Å²) in [6.07, 6.45) is 1.21. The molecule has 0 heterocycles. The quantitative estimate of drug-likeness (QED) is 0.684. The first kappa shape index (κ1) is 17.0. The van der Waals surface area contributed by atoms with E-state index in [0.717, 1.165) is 0 Å². The average Bonchev–Trinajstić information content (AvgIpc) is 2.18. The van der Waals surface area contributed by atoms with Crippen LogP contribution in [0.2, 0.25) is 18.1 Å². The van der Waals surface area contributed by atoms with Gasteiger partial charge >= 0.3 is 0 Å². The molecule has 0 aliphatic carbocycles. The molecule has 0 bridgehead atoms. The predicted octanol–water partition coefficient (Wildman–Crippen LogP) is 3.20. The molecule has 114 valence electrons. The summed E-state index contributed by atoms with van der Waals surface area (Å²) in [5.74, 6) is 0.582. The lowest BCUT2D eigenvalue weighted by atomic mass is 10.2. The molecule has 1 rings (SSSR count). The SMILES string of the molecule is CC(C)(C)[Si](C)(C)Oc1ccc(N)cc1CS(C)(=O)=O. The van der Waals surface area contributed by atoms with Crippen LogP contribution in [0.1, 0.15) is 26.3 Å². The molecule has 0 aliphatic heterocycles. The molecular weight excluding hydrogens is 290 g/mol. The van der Waals surface area contributed by atoms with Crippen molar-refractivity contribution in [3.05, 3.63) is 23.8 Å². The van der Waals surface area contributed by atoms with Gasteiger partial charge in [-0.3, -0.25) is 0 Å². The molecule has 0 radical (unpaired) electrons. The zero-order valence-electron chi connectivity index (χ0n) is 13.1. The summed E-state index contributed by atoms with van der Waals surface area (Å²) in [5, 5.41) is 0.0523. The minimum atomic E-state index is -3.13. The number of hydrogen-bond donors (Lipinski definition) is 1. The van der Waals surface area contributed by atoms with E-state index in [1.807, 2.05) is 0 Å². The lowest BCUT2D eigenvalue weighted by Gasteiger charge is -2.37. The third kappa shape index (κ3) is 4.52. The van der Waals surface area contributed by atoms with Gasteiger partial charge in [0.15, 0.2) is 9.84 Å². The molecule has 2 N–H and O–H groups in total. The van der Waals surface area contributed by atoms with Crippen LogP contribution in [0.5, 0.6) is 5.75 Å². The van der Waals surface area contributed by atoms with Crippen LogP contribution in [-0.2, 0) is 15.6 Å². The Morgan fingerprint density at radius 1 is 1.25 bits per heavy atom. The van der Waals surface area contributed by atoms with Gasteiger partial charge in [0.05, 0.1) is 5.75 Å². The summed E-state index contributed by atoms with van der Waals surface area (Å²) in [6.45, 7) is 10.7. The fraction of sp³-hybridized carbons (Fsp3) is 0.571. The fourth-order valence-electron chi connectivity index (χ4n) is 1.52.